The maximum absolute atomic E-state index is 12.4. The van der Waals surface area contributed by atoms with Crippen LogP contribution in [0.2, 0.25) is 0 Å². The zero-order chi connectivity index (χ0) is 16.4. The fourth-order valence-electron chi connectivity index (χ4n) is 2.26. The van der Waals surface area contributed by atoms with Gasteiger partial charge in [0.25, 0.3) is 10.0 Å². The zero-order valence-corrected chi connectivity index (χ0v) is 13.1. The van der Waals surface area contributed by atoms with Crippen molar-refractivity contribution in [2.45, 2.75) is 4.90 Å². The molecule has 0 atom stereocenters. The van der Waals surface area contributed by atoms with Crippen molar-refractivity contribution in [3.05, 3.63) is 71.8 Å². The summed E-state index contributed by atoms with van der Waals surface area (Å²) in [6.07, 6.45) is 2.75. The molecule has 23 heavy (non-hydrogen) atoms. The zero-order valence-electron chi connectivity index (χ0n) is 12.3. The lowest BCUT2D eigenvalue weighted by Crippen LogP contribution is -2.14. The first-order valence-corrected chi connectivity index (χ1v) is 8.26. The largest absolute Gasteiger partial charge is 0.497 e. The molecule has 1 aliphatic carbocycles. The number of methoxy groups -OCH3 is 1. The second-order valence-corrected chi connectivity index (χ2v) is 6.47. The summed E-state index contributed by atoms with van der Waals surface area (Å²) in [5.74, 6) is 0.395. The molecule has 0 fully saturated rings. The summed E-state index contributed by atoms with van der Waals surface area (Å²) in [4.78, 5) is 11.9. The highest BCUT2D eigenvalue weighted by atomic mass is 32.2. The van der Waals surface area contributed by atoms with Gasteiger partial charge >= 0.3 is 0 Å². The third-order valence-corrected chi connectivity index (χ3v) is 4.74. The molecular weight excluding hydrogens is 314 g/mol. The molecule has 0 heterocycles. The number of nitrogens with zero attached hydrogens (tertiary/aromatic N) is 1. The number of hydrogen-bond donors (Lipinski definition) is 0. The average Bonchev–Trinajstić information content (AvgIpc) is 2.58. The molecule has 0 saturated heterocycles. The van der Waals surface area contributed by atoms with Crippen molar-refractivity contribution < 1.29 is 17.9 Å². The fourth-order valence-corrected chi connectivity index (χ4v) is 3.27. The fraction of sp³-hybridized carbons (Fsp3) is 0.0588. The van der Waals surface area contributed by atoms with Crippen molar-refractivity contribution in [1.29, 1.82) is 0 Å². The lowest BCUT2D eigenvalue weighted by molar-refractivity contribution is 0.104. The second-order valence-electron chi connectivity index (χ2n) is 4.87. The van der Waals surface area contributed by atoms with Gasteiger partial charge in [-0.1, -0.05) is 24.3 Å². The van der Waals surface area contributed by atoms with Crippen LogP contribution < -0.4 is 4.74 Å². The monoisotopic (exact) mass is 327 g/mol. The van der Waals surface area contributed by atoms with Crippen LogP contribution in [0.3, 0.4) is 0 Å². The number of allylic oxidation sites excluding steroid dienone is 2. The molecule has 0 radical (unpaired) electrons. The molecule has 0 unspecified atom stereocenters. The maximum atomic E-state index is 12.4. The molecule has 2 aromatic carbocycles. The van der Waals surface area contributed by atoms with E-state index in [0.717, 1.165) is 0 Å². The molecule has 2 aromatic rings. The minimum absolute atomic E-state index is 0.0635. The molecule has 0 amide bonds. The number of ketones is 1. The predicted molar refractivity (Wildman–Crippen MR) is 86.6 cm³/mol. The molecule has 0 spiro atoms. The van der Waals surface area contributed by atoms with E-state index in [1.807, 2.05) is 0 Å². The Bertz CT molecular complexity index is 925. The SMILES string of the molecule is COc1ccc(S(=O)(=O)N=C2C=CC(=O)c3ccccc32)cc1. The summed E-state index contributed by atoms with van der Waals surface area (Å²) in [6.45, 7) is 0. The van der Waals surface area contributed by atoms with Crippen molar-refractivity contribution in [3.63, 3.8) is 0 Å². The van der Waals surface area contributed by atoms with Crippen LogP contribution in [-0.4, -0.2) is 27.0 Å². The van der Waals surface area contributed by atoms with Crippen LogP contribution in [-0.2, 0) is 10.0 Å². The predicted octanol–water partition coefficient (Wildman–Crippen LogP) is 2.63. The summed E-state index contributed by atoms with van der Waals surface area (Å²) in [5.41, 5.74) is 1.20. The molecule has 3 rings (SSSR count). The normalized spacial score (nSPS) is 15.5. The number of benzene rings is 2. The van der Waals surface area contributed by atoms with E-state index in [0.29, 0.717) is 16.9 Å². The molecule has 6 heteroatoms. The Morgan fingerprint density at radius 2 is 1.57 bits per heavy atom. The van der Waals surface area contributed by atoms with Crippen LogP contribution >= 0.6 is 0 Å². The van der Waals surface area contributed by atoms with Gasteiger partial charge < -0.3 is 4.74 Å². The number of carbonyl (C=O) groups excluding carboxylic acids is 1. The van der Waals surface area contributed by atoms with Crippen molar-refractivity contribution >= 4 is 21.5 Å². The number of ether oxygens (including phenoxy) is 1. The Morgan fingerprint density at radius 1 is 0.913 bits per heavy atom. The van der Waals surface area contributed by atoms with E-state index in [9.17, 15) is 13.2 Å². The summed E-state index contributed by atoms with van der Waals surface area (Å²) < 4.78 is 33.8. The Labute approximate surface area is 134 Å². The quantitative estimate of drug-likeness (QED) is 0.868. The Hall–Kier alpha value is -2.73. The van der Waals surface area contributed by atoms with Crippen molar-refractivity contribution in [2.75, 3.05) is 7.11 Å². The van der Waals surface area contributed by atoms with E-state index in [1.54, 1.807) is 36.4 Å². The van der Waals surface area contributed by atoms with Crippen molar-refractivity contribution in [3.8, 4) is 5.75 Å². The minimum atomic E-state index is -3.88. The van der Waals surface area contributed by atoms with Crippen LogP contribution in [0, 0.1) is 0 Å². The van der Waals surface area contributed by atoms with Gasteiger partial charge in [0.05, 0.1) is 17.7 Å². The topological polar surface area (TPSA) is 72.8 Å². The minimum Gasteiger partial charge on any atom is -0.497 e. The molecule has 5 nitrogen and oxygen atoms in total. The third-order valence-electron chi connectivity index (χ3n) is 3.44. The third kappa shape index (κ3) is 2.93. The Balaban J connectivity index is 2.06. The molecule has 116 valence electrons. The van der Waals surface area contributed by atoms with Crippen LogP contribution in [0.5, 0.6) is 5.75 Å². The molecule has 0 N–H and O–H groups in total. The summed E-state index contributed by atoms with van der Waals surface area (Å²) in [6, 6.07) is 12.8. The van der Waals surface area contributed by atoms with E-state index >= 15 is 0 Å². The van der Waals surface area contributed by atoms with E-state index in [4.69, 9.17) is 4.74 Å². The molecule has 1 aliphatic rings. The van der Waals surface area contributed by atoms with E-state index in [1.165, 1.54) is 31.4 Å². The van der Waals surface area contributed by atoms with Gasteiger partial charge in [-0.25, -0.2) is 0 Å². The molecule has 0 aromatic heterocycles. The van der Waals surface area contributed by atoms with Crippen LogP contribution in [0.4, 0.5) is 0 Å². The standard InChI is InChI=1S/C17H13NO4S/c1-22-12-6-8-13(9-7-12)23(20,21)18-16-10-11-17(19)15-5-3-2-4-14(15)16/h2-11H,1H3. The van der Waals surface area contributed by atoms with Crippen LogP contribution in [0.25, 0.3) is 0 Å². The Kier molecular flexibility index (Phi) is 3.83. The lowest BCUT2D eigenvalue weighted by Gasteiger charge is -2.11. The van der Waals surface area contributed by atoms with Crippen LogP contribution in [0.1, 0.15) is 15.9 Å². The van der Waals surface area contributed by atoms with Crippen molar-refractivity contribution in [1.82, 2.24) is 0 Å². The molecule has 0 bridgehead atoms. The number of sulfonamides is 1. The summed E-state index contributed by atoms with van der Waals surface area (Å²) in [7, 11) is -2.37. The summed E-state index contributed by atoms with van der Waals surface area (Å²) in [5, 5.41) is 0. The molecule has 0 saturated carbocycles. The second kappa shape index (κ2) is 5.81. The molecular formula is C17H13NO4S. The van der Waals surface area contributed by atoms with Gasteiger partial charge in [0.2, 0.25) is 0 Å². The van der Waals surface area contributed by atoms with Gasteiger partial charge in [-0.2, -0.15) is 12.8 Å². The number of rotatable bonds is 3. The van der Waals surface area contributed by atoms with Gasteiger partial charge in [0.15, 0.2) is 5.78 Å². The highest BCUT2D eigenvalue weighted by molar-refractivity contribution is 7.90. The van der Waals surface area contributed by atoms with E-state index in [-0.39, 0.29) is 16.4 Å². The van der Waals surface area contributed by atoms with E-state index < -0.39 is 10.0 Å². The van der Waals surface area contributed by atoms with Gasteiger partial charge in [-0.05, 0) is 36.4 Å². The van der Waals surface area contributed by atoms with Gasteiger partial charge in [0.1, 0.15) is 5.75 Å². The van der Waals surface area contributed by atoms with Gasteiger partial charge in [0, 0.05) is 11.1 Å². The maximum Gasteiger partial charge on any atom is 0.282 e. The first-order valence-electron chi connectivity index (χ1n) is 6.82. The highest BCUT2D eigenvalue weighted by Gasteiger charge is 2.20. The first-order chi connectivity index (χ1) is 11.0. The highest BCUT2D eigenvalue weighted by Crippen LogP contribution is 2.21. The number of carbonyl (C=O) groups is 1. The van der Waals surface area contributed by atoms with E-state index in [2.05, 4.69) is 4.40 Å². The summed E-state index contributed by atoms with van der Waals surface area (Å²) >= 11 is 0. The van der Waals surface area contributed by atoms with Gasteiger partial charge in [-0.3, -0.25) is 4.79 Å². The smallest absolute Gasteiger partial charge is 0.282 e. The first kappa shape index (κ1) is 15.2. The van der Waals surface area contributed by atoms with Gasteiger partial charge in [-0.15, -0.1) is 0 Å². The lowest BCUT2D eigenvalue weighted by atomic mass is 9.95. The number of hydrogen-bond acceptors (Lipinski definition) is 4. The van der Waals surface area contributed by atoms with Crippen molar-refractivity contribution in [2.24, 2.45) is 4.40 Å². The Morgan fingerprint density at radius 3 is 2.22 bits per heavy atom. The number of fused-ring (bicyclic) bond motifs is 1. The van der Waals surface area contributed by atoms with Crippen LogP contribution in [0.15, 0.2) is 70.0 Å². The average molecular weight is 327 g/mol. The molecule has 0 aliphatic heterocycles.